The van der Waals surface area contributed by atoms with Gasteiger partial charge in [-0.1, -0.05) is 84.9 Å². The zero-order valence-electron chi connectivity index (χ0n) is 29.4. The Hall–Kier alpha value is -6.00. The molecule has 6 aromatic carbocycles. The summed E-state index contributed by atoms with van der Waals surface area (Å²) in [5.74, 6) is 0. The molecule has 0 spiro atoms. The van der Waals surface area contributed by atoms with Crippen molar-refractivity contribution in [2.24, 2.45) is 0 Å². The maximum atomic E-state index is 5.41. The van der Waals surface area contributed by atoms with E-state index in [1.54, 1.807) is 0 Å². The van der Waals surface area contributed by atoms with Crippen LogP contribution >= 0.6 is 0 Å². The number of anilines is 6. The topological polar surface area (TPSA) is 24.9 Å². The van der Waals surface area contributed by atoms with Gasteiger partial charge in [-0.25, -0.2) is 0 Å². The van der Waals surface area contributed by atoms with Crippen molar-refractivity contribution < 1.29 is 9.47 Å². The smallest absolute Gasteiger partial charge is 0.112 e. The van der Waals surface area contributed by atoms with Gasteiger partial charge < -0.3 is 19.3 Å². The van der Waals surface area contributed by atoms with E-state index < -0.39 is 0 Å². The molecule has 50 heavy (non-hydrogen) atoms. The number of hydrogen-bond acceptors (Lipinski definition) is 4. The number of aryl methyl sites for hydroxylation is 4. The third-order valence-electron chi connectivity index (χ3n) is 8.92. The molecule has 0 saturated heterocycles. The standard InChI is InChI=1S/C46H44N2O2/c1-7-49-31-37-13-23-43(24-14-37)47(41-19-9-33(3)10-20-41)45-27-17-39(29-35(45)5)40-18-28-46(36(6)30-40)48(42-21-11-34(4)12-22-42)44-25-15-38(16-26-44)32-50-8-2/h7-30H,1-2,31-32H2,3-6H3. The summed E-state index contributed by atoms with van der Waals surface area (Å²) in [4.78, 5) is 4.64. The second kappa shape index (κ2) is 15.5. The molecule has 0 heterocycles. The maximum Gasteiger partial charge on any atom is 0.112 e. The summed E-state index contributed by atoms with van der Waals surface area (Å²) in [6.07, 6.45) is 2.96. The zero-order chi connectivity index (χ0) is 35.0. The Labute approximate surface area is 297 Å². The summed E-state index contributed by atoms with van der Waals surface area (Å²) in [5, 5.41) is 0. The molecule has 0 N–H and O–H groups in total. The van der Waals surface area contributed by atoms with Gasteiger partial charge in [0.1, 0.15) is 13.2 Å². The van der Waals surface area contributed by atoms with Gasteiger partial charge in [0.25, 0.3) is 0 Å². The SMILES string of the molecule is C=COCc1ccc(N(c2ccc(C)cc2)c2ccc(-c3ccc(N(c4ccc(C)cc4)c4ccc(COC=C)cc4)c(C)c3)cc2C)cc1. The molecule has 6 aromatic rings. The van der Waals surface area contributed by atoms with E-state index in [9.17, 15) is 0 Å². The van der Waals surface area contributed by atoms with E-state index in [1.807, 2.05) is 0 Å². The zero-order valence-corrected chi connectivity index (χ0v) is 29.4. The van der Waals surface area contributed by atoms with Gasteiger partial charge in [-0.05, 0) is 134 Å². The van der Waals surface area contributed by atoms with Crippen molar-refractivity contribution in [1.82, 2.24) is 0 Å². The van der Waals surface area contributed by atoms with E-state index in [-0.39, 0.29) is 0 Å². The van der Waals surface area contributed by atoms with Gasteiger partial charge in [-0.3, -0.25) is 0 Å². The monoisotopic (exact) mass is 656 g/mol. The summed E-state index contributed by atoms with van der Waals surface area (Å²) < 4.78 is 10.8. The first-order valence-electron chi connectivity index (χ1n) is 16.9. The Morgan fingerprint density at radius 3 is 1.06 bits per heavy atom. The number of nitrogens with zero attached hydrogens (tertiary/aromatic N) is 2. The normalized spacial score (nSPS) is 10.7. The lowest BCUT2D eigenvalue weighted by molar-refractivity contribution is 0.237. The molecule has 0 aromatic heterocycles. The minimum atomic E-state index is 0.501. The molecule has 0 aliphatic rings. The van der Waals surface area contributed by atoms with Gasteiger partial charge in [0.15, 0.2) is 0 Å². The van der Waals surface area contributed by atoms with Gasteiger partial charge in [0, 0.05) is 34.1 Å². The molecule has 0 radical (unpaired) electrons. The van der Waals surface area contributed by atoms with Crippen LogP contribution in [0.4, 0.5) is 34.1 Å². The van der Waals surface area contributed by atoms with Crippen LogP contribution in [0.15, 0.2) is 159 Å². The van der Waals surface area contributed by atoms with Gasteiger partial charge in [-0.15, -0.1) is 0 Å². The molecule has 6 rings (SSSR count). The molecule has 4 heteroatoms. The van der Waals surface area contributed by atoms with Crippen molar-refractivity contribution in [2.75, 3.05) is 9.80 Å². The van der Waals surface area contributed by atoms with Crippen molar-refractivity contribution in [3.8, 4) is 11.1 Å². The van der Waals surface area contributed by atoms with E-state index in [4.69, 9.17) is 9.47 Å². The highest BCUT2D eigenvalue weighted by atomic mass is 16.5. The molecule has 0 fully saturated rings. The lowest BCUT2D eigenvalue weighted by Crippen LogP contribution is -2.12. The third-order valence-corrected chi connectivity index (χ3v) is 8.92. The first-order valence-corrected chi connectivity index (χ1v) is 16.9. The van der Waals surface area contributed by atoms with Gasteiger partial charge >= 0.3 is 0 Å². The van der Waals surface area contributed by atoms with Gasteiger partial charge in [-0.2, -0.15) is 0 Å². The highest BCUT2D eigenvalue weighted by molar-refractivity contribution is 5.83. The summed E-state index contributed by atoms with van der Waals surface area (Å²) >= 11 is 0. The van der Waals surface area contributed by atoms with E-state index in [0.29, 0.717) is 13.2 Å². The quantitative estimate of drug-likeness (QED) is 0.116. The van der Waals surface area contributed by atoms with E-state index in [2.05, 4.69) is 184 Å². The Kier molecular flexibility index (Phi) is 10.5. The fourth-order valence-corrected chi connectivity index (χ4v) is 6.21. The summed E-state index contributed by atoms with van der Waals surface area (Å²) in [5.41, 5.74) is 16.0. The average Bonchev–Trinajstić information content (AvgIpc) is 3.14. The van der Waals surface area contributed by atoms with Crippen LogP contribution in [-0.2, 0) is 22.7 Å². The molecule has 0 bridgehead atoms. The second-order valence-corrected chi connectivity index (χ2v) is 12.6. The number of rotatable bonds is 13. The predicted octanol–water partition coefficient (Wildman–Crippen LogP) is 12.8. The highest BCUT2D eigenvalue weighted by Crippen LogP contribution is 2.41. The van der Waals surface area contributed by atoms with Crippen LogP contribution in [0.5, 0.6) is 0 Å². The lowest BCUT2D eigenvalue weighted by atomic mass is 9.98. The van der Waals surface area contributed by atoms with Gasteiger partial charge in [0.2, 0.25) is 0 Å². The molecule has 0 aliphatic heterocycles. The lowest BCUT2D eigenvalue weighted by Gasteiger charge is -2.28. The summed E-state index contributed by atoms with van der Waals surface area (Å²) in [7, 11) is 0. The van der Waals surface area contributed by atoms with Crippen LogP contribution in [0.3, 0.4) is 0 Å². The second-order valence-electron chi connectivity index (χ2n) is 12.6. The Morgan fingerprint density at radius 2 is 0.760 bits per heavy atom. The molecule has 4 nitrogen and oxygen atoms in total. The van der Waals surface area contributed by atoms with Crippen molar-refractivity contribution >= 4 is 34.1 Å². The number of ether oxygens (including phenoxy) is 2. The van der Waals surface area contributed by atoms with Crippen LogP contribution in [0.2, 0.25) is 0 Å². The minimum absolute atomic E-state index is 0.501. The minimum Gasteiger partial charge on any atom is -0.497 e. The molecule has 0 unspecified atom stereocenters. The maximum absolute atomic E-state index is 5.41. The van der Waals surface area contributed by atoms with Crippen LogP contribution < -0.4 is 9.80 Å². The van der Waals surface area contributed by atoms with Crippen molar-refractivity contribution in [3.05, 3.63) is 193 Å². The molecular weight excluding hydrogens is 613 g/mol. The highest BCUT2D eigenvalue weighted by Gasteiger charge is 2.18. The predicted molar refractivity (Wildman–Crippen MR) is 210 cm³/mol. The third kappa shape index (κ3) is 7.66. The molecule has 250 valence electrons. The summed E-state index contributed by atoms with van der Waals surface area (Å²) in [6, 6.07) is 47.9. The van der Waals surface area contributed by atoms with E-state index in [1.165, 1.54) is 45.9 Å². The van der Waals surface area contributed by atoms with Crippen molar-refractivity contribution in [3.63, 3.8) is 0 Å². The Morgan fingerprint density at radius 1 is 0.440 bits per heavy atom. The van der Waals surface area contributed by atoms with Crippen molar-refractivity contribution in [1.29, 1.82) is 0 Å². The van der Waals surface area contributed by atoms with E-state index in [0.717, 1.165) is 45.3 Å². The van der Waals surface area contributed by atoms with Crippen LogP contribution in [0, 0.1) is 27.7 Å². The molecular formula is C46H44N2O2. The van der Waals surface area contributed by atoms with E-state index >= 15 is 0 Å². The first-order chi connectivity index (χ1) is 24.3. The van der Waals surface area contributed by atoms with Gasteiger partial charge in [0.05, 0.1) is 12.5 Å². The number of benzene rings is 6. The van der Waals surface area contributed by atoms with Crippen LogP contribution in [0.1, 0.15) is 33.4 Å². The molecule has 0 aliphatic carbocycles. The summed E-state index contributed by atoms with van der Waals surface area (Å²) in [6.45, 7) is 16.9. The molecule has 0 amide bonds. The van der Waals surface area contributed by atoms with Crippen molar-refractivity contribution in [2.45, 2.75) is 40.9 Å². The van der Waals surface area contributed by atoms with Crippen LogP contribution in [-0.4, -0.2) is 0 Å². The fraction of sp³-hybridized carbons (Fsp3) is 0.130. The number of hydrogen-bond donors (Lipinski definition) is 0. The fourth-order valence-electron chi connectivity index (χ4n) is 6.21. The largest absolute Gasteiger partial charge is 0.497 e. The average molecular weight is 657 g/mol. The Bertz CT molecular complexity index is 1910. The van der Waals surface area contributed by atoms with Crippen LogP contribution in [0.25, 0.3) is 11.1 Å². The Balaban J connectivity index is 1.34. The molecule has 0 atom stereocenters. The molecule has 0 saturated carbocycles. The first kappa shape index (κ1) is 33.9.